The van der Waals surface area contributed by atoms with Gasteiger partial charge in [0, 0.05) is 82.9 Å². The number of primary sulfonamides is 5. The molecule has 0 bridgehead atoms. The normalized spacial score (nSPS) is 14.6. The van der Waals surface area contributed by atoms with E-state index in [-0.39, 0.29) is 66.2 Å². The Morgan fingerprint density at radius 2 is 0.707 bits per heavy atom. The van der Waals surface area contributed by atoms with Crippen LogP contribution in [0.15, 0.2) is 273 Å². The van der Waals surface area contributed by atoms with Gasteiger partial charge in [0.15, 0.2) is 0 Å². The summed E-state index contributed by atoms with van der Waals surface area (Å²) < 4.78 is 121. The number of tetrazole rings is 5. The van der Waals surface area contributed by atoms with Crippen LogP contribution < -0.4 is 57.6 Å². The fourth-order valence-corrected chi connectivity index (χ4v) is 21.1. The fourth-order valence-electron chi connectivity index (χ4n) is 17.3. The molecule has 44 nitrogen and oxygen atoms in total. The number of hydrogen-bond donors (Lipinski definition) is 18. The number of aliphatic hydroxyl groups excluding tert-OH is 1. The highest BCUT2D eigenvalue weighted by Gasteiger charge is 2.34. The molecule has 0 radical (unpaired) electrons. The summed E-state index contributed by atoms with van der Waals surface area (Å²) in [5, 5.41) is 136. The third-order valence-electron chi connectivity index (χ3n) is 25.2. The first kappa shape index (κ1) is 107. The molecule has 3 fully saturated rings. The monoisotopic (exact) mass is 2090 g/mol. The van der Waals surface area contributed by atoms with Crippen LogP contribution in [0.5, 0.6) is 0 Å². The summed E-state index contributed by atoms with van der Waals surface area (Å²) in [7, 11) is -19.9. The third kappa shape index (κ3) is 28.2. The van der Waals surface area contributed by atoms with Crippen LogP contribution in [0, 0.1) is 5.41 Å². The first-order valence-electron chi connectivity index (χ1n) is 46.8. The molecule has 2 saturated carbocycles. The smallest absolute Gasteiger partial charge is 0.238 e. The van der Waals surface area contributed by atoms with E-state index in [0.29, 0.717) is 99.8 Å². The molecule has 2 unspecified atom stereocenters. The van der Waals surface area contributed by atoms with Gasteiger partial charge in [0.2, 0.25) is 79.2 Å². The molecule has 147 heavy (non-hydrogen) atoms. The molecule has 0 amide bonds. The molecule has 49 heteroatoms. The summed E-state index contributed by atoms with van der Waals surface area (Å²) in [4.78, 5) is 4.03. The number of pyridine rings is 1. The predicted molar refractivity (Wildman–Crippen MR) is 551 cm³/mol. The Kier molecular flexibility index (Phi) is 35.0. The Balaban J connectivity index is 0.000000138. The van der Waals surface area contributed by atoms with Gasteiger partial charge in [0.05, 0.1) is 70.2 Å². The van der Waals surface area contributed by atoms with Gasteiger partial charge in [-0.05, 0) is 202 Å². The van der Waals surface area contributed by atoms with E-state index in [1.165, 1.54) is 55.2 Å². The van der Waals surface area contributed by atoms with Crippen LogP contribution in [0.25, 0.3) is 113 Å². The second-order valence-corrected chi connectivity index (χ2v) is 43.4. The highest BCUT2D eigenvalue weighted by Crippen LogP contribution is 2.43. The molecule has 7 heterocycles. The molecule has 19 rings (SSSR count). The van der Waals surface area contributed by atoms with Crippen molar-refractivity contribution in [1.82, 2.24) is 140 Å². The second kappa shape index (κ2) is 48.2. The van der Waals surface area contributed by atoms with Crippen molar-refractivity contribution in [3.63, 3.8) is 0 Å². The zero-order valence-electron chi connectivity index (χ0n) is 80.1. The highest BCUT2D eigenvalue weighted by atomic mass is 32.2. The van der Waals surface area contributed by atoms with Crippen LogP contribution >= 0.6 is 0 Å². The maximum absolute atomic E-state index is 12.1. The predicted octanol–water partition coefficient (Wildman–Crippen LogP) is 8.48. The number of piperidine rings is 1. The lowest BCUT2D eigenvalue weighted by Crippen LogP contribution is -2.41. The Bertz CT molecular complexity index is 7690. The van der Waals surface area contributed by atoms with Crippen molar-refractivity contribution in [3.8, 4) is 113 Å². The molecule has 16 aromatic rings. The largest absolute Gasteiger partial charge is 0.395 e. The Morgan fingerprint density at radius 3 is 0.980 bits per heavy atom. The highest BCUT2D eigenvalue weighted by molar-refractivity contribution is 7.90. The van der Waals surface area contributed by atoms with Gasteiger partial charge in [-0.1, -0.05) is 228 Å². The zero-order chi connectivity index (χ0) is 104. The van der Waals surface area contributed by atoms with Gasteiger partial charge in [-0.25, -0.2) is 67.8 Å². The minimum atomic E-state index is -3.98. The molecule has 23 N–H and O–H groups in total. The molecule has 766 valence electrons. The number of H-pyrrole nitrogens is 5. The first-order chi connectivity index (χ1) is 70.6. The number of aromatic nitrogens is 21. The summed E-state index contributed by atoms with van der Waals surface area (Å²) in [6.45, 7) is 15.0. The Morgan fingerprint density at radius 1 is 0.388 bits per heavy atom. The number of nitrogens with one attached hydrogen (secondary N) is 11. The van der Waals surface area contributed by atoms with Crippen molar-refractivity contribution in [3.05, 3.63) is 283 Å². The zero-order valence-corrected chi connectivity index (χ0v) is 84.2. The molecule has 0 spiro atoms. The Hall–Kier alpha value is -14.5. The van der Waals surface area contributed by atoms with E-state index in [4.69, 9.17) is 25.7 Å². The number of nitrogens with zero attached hydrogens (tertiary/aromatic N) is 16. The number of hydrogen-bond acceptors (Lipinski definition) is 34. The van der Waals surface area contributed by atoms with Crippen LogP contribution in [0.1, 0.15) is 112 Å². The van der Waals surface area contributed by atoms with Crippen LogP contribution in [-0.2, 0) is 89.4 Å². The van der Waals surface area contributed by atoms with Crippen LogP contribution in [0.4, 0.5) is 0 Å². The van der Waals surface area contributed by atoms with Crippen molar-refractivity contribution in [2.24, 2.45) is 31.1 Å². The van der Waals surface area contributed by atoms with E-state index in [9.17, 15) is 52.3 Å². The summed E-state index contributed by atoms with van der Waals surface area (Å²) in [5.41, 5.74) is 16.4. The average Bonchev–Trinajstić information content (AvgIpc) is 1.78. The number of nitrogens with two attached hydrogens (primary N) is 5. The number of allylic oxidation sites excluding steroid dienone is 1. The third-order valence-corrected chi connectivity index (χ3v) is 30.0. The Labute approximate surface area is 848 Å². The van der Waals surface area contributed by atoms with Crippen LogP contribution in [0.2, 0.25) is 0 Å². The molecule has 1 saturated heterocycles. The van der Waals surface area contributed by atoms with Gasteiger partial charge in [0.1, 0.15) is 0 Å². The molecular formula is C98H112N32O12S5. The number of aliphatic hydroxyl groups is 2. The van der Waals surface area contributed by atoms with Gasteiger partial charge >= 0.3 is 0 Å². The lowest BCUT2D eigenvalue weighted by atomic mass is 9.70. The van der Waals surface area contributed by atoms with Crippen molar-refractivity contribution >= 4 is 50.1 Å². The van der Waals surface area contributed by atoms with E-state index < -0.39 is 55.7 Å². The van der Waals surface area contributed by atoms with Gasteiger partial charge in [-0.2, -0.15) is 26.1 Å². The summed E-state index contributed by atoms with van der Waals surface area (Å²) in [5.74, 6) is 0.830. The van der Waals surface area contributed by atoms with E-state index in [1.54, 1.807) is 54.7 Å². The van der Waals surface area contributed by atoms with Gasteiger partial charge in [-0.3, -0.25) is 4.98 Å². The van der Waals surface area contributed by atoms with Crippen molar-refractivity contribution in [2.45, 2.75) is 159 Å². The first-order valence-corrected chi connectivity index (χ1v) is 54.5. The molecule has 3 aliphatic rings. The minimum absolute atomic E-state index is 0.0316. The van der Waals surface area contributed by atoms with Gasteiger partial charge in [-0.15, -0.1) is 51.0 Å². The van der Waals surface area contributed by atoms with E-state index >= 15 is 0 Å². The molecule has 2 atom stereocenters. The molecule has 10 aromatic carbocycles. The topological polar surface area (TPSA) is 699 Å². The van der Waals surface area contributed by atoms with Gasteiger partial charge in [0.25, 0.3) is 0 Å². The van der Waals surface area contributed by atoms with E-state index in [0.717, 1.165) is 133 Å². The summed E-state index contributed by atoms with van der Waals surface area (Å²) >= 11 is 0. The van der Waals surface area contributed by atoms with E-state index in [2.05, 4.69) is 154 Å². The van der Waals surface area contributed by atoms with E-state index in [1.807, 2.05) is 159 Å². The quantitative estimate of drug-likeness (QED) is 0.0177. The van der Waals surface area contributed by atoms with Crippen molar-refractivity contribution in [2.75, 3.05) is 26.2 Å². The fraction of sp³-hybridized carbons (Fsp3) is 0.265. The number of benzene rings is 10. The molecule has 6 aromatic heterocycles. The summed E-state index contributed by atoms with van der Waals surface area (Å²) in [6.07, 6.45) is 12.4. The number of rotatable bonds is 35. The second-order valence-electron chi connectivity index (χ2n) is 35.8. The standard InChI is InChI=1S/C20H23N7O2S.C20H19N7O2S.C20H24N6O3S.C20H24N6O2S.C18H22N6O3S/c1-13-5-10-16(12-22-13)23-11-14-6-8-15(9-7-14)17-3-2-4-18(30(21,28)29)19(17)20-24-26-27-25-20;21-30(28,29)18-6-3-5-17(19(18)20-24-26-27-25-20)15-9-7-14(8-10-15)12-22-13-16-4-1-2-11-23-16;21-30(28,29)17-5-3-4-16(18(17)19-23-25-26-24-19)15-8-6-14(7-9-15)12-22-13-20(27)10-1-2-11-20;1-20(10-3-11-20)13-22-12-14-6-8-15(9-7-14)16-4-2-5-17(29(21,27)28)18(16)19-23-25-26-24-19;1-2-14(11-25)20-10-12-6-8-13(9-7-12)15-4-3-5-16(28(19,26)27)17(15)18-21-23-24-22-18/h2-4,6-9,16,22-23H,1,5,10-12H2,(H2,21,28,29)(H,24,25,26,27);1-11,22H,12-13H2,(H2,21,28,29)(H,24,25,26,27);3-9,22,27H,1-2,10-13H2,(H2,21,28,29)(H,23,24,25,26);2,4-9,22H,3,10-13H2,1H3,(H2,21,27,28)(H,23,24,25,26);3-9,14,20,25H,2,10-11H2,1H3,(H2,19,26,27)(H,21,22,23,24). The molecule has 2 aliphatic carbocycles. The minimum Gasteiger partial charge on any atom is -0.395 e. The molecule has 1 aliphatic heterocycles. The SMILES string of the molecule is C=C1CCC(NCc2ccc(-c3cccc(S(N)(=O)=O)c3-c3nn[nH]n3)cc2)CN1.CC1(CNCc2ccc(-c3cccc(S(N)(=O)=O)c3-c3nn[nH]n3)cc2)CCC1.CCC(CO)NCc1ccc(-c2cccc(S(N)(=O)=O)c2-c2nn[nH]n2)cc1.NS(=O)(=O)c1cccc(-c2ccc(CNCC3(O)CCCC3)cc2)c1-c1nn[nH]n1.NS(=O)(=O)c1cccc(-c2ccc(CNCc3ccccn3)cc2)c1-c1nn[nH]n1. The lowest BCUT2D eigenvalue weighted by Gasteiger charge is -2.38. The lowest BCUT2D eigenvalue weighted by molar-refractivity contribution is 0.0474. The van der Waals surface area contributed by atoms with Crippen molar-refractivity contribution < 1.29 is 52.3 Å². The van der Waals surface area contributed by atoms with Gasteiger partial charge < -0.3 is 42.1 Å². The number of sulfonamides is 5. The van der Waals surface area contributed by atoms with Crippen LogP contribution in [0.3, 0.4) is 0 Å². The maximum Gasteiger partial charge on any atom is 0.238 e. The van der Waals surface area contributed by atoms with Crippen LogP contribution in [-0.4, -0.2) is 204 Å². The maximum atomic E-state index is 12.1. The average molecular weight is 2090 g/mol. The number of aromatic amines is 5. The summed E-state index contributed by atoms with van der Waals surface area (Å²) in [6, 6.07) is 69.8. The molecular weight excluding hydrogens is 1980 g/mol. The van der Waals surface area contributed by atoms with Crippen molar-refractivity contribution in [1.29, 1.82) is 0 Å².